The van der Waals surface area contributed by atoms with Gasteiger partial charge in [0.1, 0.15) is 5.42 Å². The summed E-state index contributed by atoms with van der Waals surface area (Å²) in [5.74, 6) is -5.84. The van der Waals surface area contributed by atoms with Gasteiger partial charge in [0, 0.05) is 25.9 Å². The quantitative estimate of drug-likeness (QED) is 0.0193. The summed E-state index contributed by atoms with van der Waals surface area (Å²) < 4.78 is 28.2. The fraction of sp³-hybridized carbons (Fsp3) is 0.141. The standard InChI is InChI=1S/C64H55N6O8PS/c1-45(80)44-76-64(61-66-67-68-69(61)2)63(75-3,65-57(71)54(46-28-12-4-13-29-46)59(72)77-55(47-30-14-5-15-31-47)48-32-16-6-17-33-48)62(74)70(64)58(60(73)78-56(49-34-18-7-19-35-49)50-36-20-8-21-37-50)79(51-38-22-9-23-39-51,52-40-24-10-25-41-52)53-42-26-11-27-43-53/h4-43,54-56H,44H2,1-3H3,(H,65,71)/t54?,63-,64-/m1/s1. The number of hydrogen-bond acceptors (Lipinski definition) is 12. The lowest BCUT2D eigenvalue weighted by Gasteiger charge is -2.61. The maximum atomic E-state index is 16.8. The Bertz CT molecular complexity index is 3500. The Hall–Kier alpha value is -8.98. The number of nitrogens with zero attached hydrogens (tertiary/aromatic N) is 5. The predicted molar refractivity (Wildman–Crippen MR) is 310 cm³/mol. The van der Waals surface area contributed by atoms with E-state index in [9.17, 15) is 0 Å². The monoisotopic (exact) mass is 1100 g/mol. The number of thiocarbonyl (C=S) groups is 1. The number of aromatic nitrogens is 4. The number of carbonyl (C=O) groups excluding carboxylic acids is 4. The van der Waals surface area contributed by atoms with Gasteiger partial charge in [0.25, 0.3) is 17.4 Å². The zero-order valence-electron chi connectivity index (χ0n) is 43.9. The van der Waals surface area contributed by atoms with Crippen molar-refractivity contribution in [3.63, 3.8) is 0 Å². The van der Waals surface area contributed by atoms with Gasteiger partial charge in [-0.3, -0.25) is 19.3 Å². The van der Waals surface area contributed by atoms with Gasteiger partial charge in [0.15, 0.2) is 18.1 Å². The molecule has 0 spiro atoms. The van der Waals surface area contributed by atoms with Gasteiger partial charge in [-0.15, -0.1) is 5.10 Å². The number of β-lactam (4-membered cyclic amide) rings is 1. The minimum Gasteiger partial charge on any atom is -0.452 e. The van der Waals surface area contributed by atoms with E-state index in [2.05, 4.69) is 20.8 Å². The summed E-state index contributed by atoms with van der Waals surface area (Å²) in [5, 5.41) is 17.6. The van der Waals surface area contributed by atoms with E-state index in [1.165, 1.54) is 23.7 Å². The highest BCUT2D eigenvalue weighted by molar-refractivity contribution is 7.96. The van der Waals surface area contributed by atoms with Crippen molar-refractivity contribution >= 4 is 69.1 Å². The number of esters is 2. The molecule has 2 heterocycles. The number of hydrogen-bond donors (Lipinski definition) is 1. The number of ether oxygens (including phenoxy) is 4. The van der Waals surface area contributed by atoms with Crippen molar-refractivity contribution in [3.05, 3.63) is 276 Å². The summed E-state index contributed by atoms with van der Waals surface area (Å²) in [7, 11) is 2.74. The van der Waals surface area contributed by atoms with Crippen LogP contribution in [0.25, 0.3) is 0 Å². The van der Waals surface area contributed by atoms with Crippen molar-refractivity contribution in [2.45, 2.75) is 36.5 Å². The van der Waals surface area contributed by atoms with E-state index in [-0.39, 0.29) is 23.4 Å². The lowest BCUT2D eigenvalue weighted by molar-refractivity contribution is -0.308. The molecular weight excluding hydrogens is 1040 g/mol. The van der Waals surface area contributed by atoms with Gasteiger partial charge >= 0.3 is 11.9 Å². The molecule has 14 nitrogen and oxygen atoms in total. The second-order valence-electron chi connectivity index (χ2n) is 18.9. The average molecular weight is 1100 g/mol. The number of benzene rings is 8. The molecule has 16 heteroatoms. The van der Waals surface area contributed by atoms with Gasteiger partial charge in [0.05, 0.1) is 6.61 Å². The molecule has 1 aliphatic heterocycles. The zero-order valence-corrected chi connectivity index (χ0v) is 45.6. The molecule has 1 N–H and O–H groups in total. The van der Waals surface area contributed by atoms with E-state index in [4.69, 9.17) is 31.2 Å². The lowest BCUT2D eigenvalue weighted by Crippen LogP contribution is -2.89. The summed E-state index contributed by atoms with van der Waals surface area (Å²) >= 11 is 5.74. The van der Waals surface area contributed by atoms with E-state index in [1.807, 2.05) is 212 Å². The first-order valence-corrected chi connectivity index (χ1v) is 27.9. The Labute approximate surface area is 468 Å². The van der Waals surface area contributed by atoms with Crippen molar-refractivity contribution in [2.75, 3.05) is 13.7 Å². The number of tetrazole rings is 1. The van der Waals surface area contributed by atoms with Crippen LogP contribution in [0.2, 0.25) is 0 Å². The molecule has 1 aromatic heterocycles. The van der Waals surface area contributed by atoms with E-state index in [1.54, 1.807) is 37.3 Å². The van der Waals surface area contributed by atoms with Crippen molar-refractivity contribution in [2.24, 2.45) is 7.05 Å². The topological polar surface area (TPSA) is 164 Å². The smallest absolute Gasteiger partial charge is 0.357 e. The molecule has 8 aromatic carbocycles. The maximum Gasteiger partial charge on any atom is 0.357 e. The van der Waals surface area contributed by atoms with Crippen molar-refractivity contribution in [3.8, 4) is 0 Å². The number of amides is 2. The van der Waals surface area contributed by atoms with E-state index in [0.717, 1.165) is 0 Å². The van der Waals surface area contributed by atoms with E-state index in [0.29, 0.717) is 43.0 Å². The average Bonchev–Trinajstić information content (AvgIpc) is 4.10. The molecule has 0 radical (unpaired) electrons. The van der Waals surface area contributed by atoms with Crippen LogP contribution < -0.4 is 21.2 Å². The molecule has 1 saturated heterocycles. The molecule has 9 aromatic rings. The molecule has 1 aliphatic rings. The van der Waals surface area contributed by atoms with Gasteiger partial charge < -0.3 is 24.3 Å². The van der Waals surface area contributed by atoms with Crippen LogP contribution in [0.3, 0.4) is 0 Å². The number of methoxy groups -OCH3 is 1. The van der Waals surface area contributed by atoms with Crippen LogP contribution in [0.15, 0.2) is 243 Å². The summed E-state index contributed by atoms with van der Waals surface area (Å²) in [6.07, 6.45) is -1.99. The highest BCUT2D eigenvalue weighted by Gasteiger charge is 2.81. The minimum absolute atomic E-state index is 0.192. The molecule has 3 atom stereocenters. The third-order valence-electron chi connectivity index (χ3n) is 14.0. The van der Waals surface area contributed by atoms with Crippen LogP contribution in [-0.2, 0) is 50.9 Å². The molecule has 400 valence electrons. The third kappa shape index (κ3) is 10.1. The Balaban J connectivity index is 1.25. The number of carbonyl (C=O) groups is 4. The molecule has 0 saturated carbocycles. The zero-order chi connectivity index (χ0) is 55.7. The van der Waals surface area contributed by atoms with Gasteiger partial charge in [-0.25, -0.2) is 9.48 Å². The highest BCUT2D eigenvalue weighted by atomic mass is 32.1. The maximum absolute atomic E-state index is 16.8. The number of nitrogens with one attached hydrogen (secondary N) is 1. The van der Waals surface area contributed by atoms with Crippen LogP contribution in [0.1, 0.15) is 58.7 Å². The molecular formula is C64H55N6O8PS. The van der Waals surface area contributed by atoms with Gasteiger partial charge in [-0.05, 0) is 61.1 Å². The third-order valence-corrected chi connectivity index (χ3v) is 18.3. The molecule has 10 rings (SSSR count). The fourth-order valence-corrected chi connectivity index (χ4v) is 14.8. The normalized spacial score (nSPS) is 16.3. The largest absolute Gasteiger partial charge is 0.452 e. The Morgan fingerprint density at radius 2 is 0.950 bits per heavy atom. The van der Waals surface area contributed by atoms with Crippen LogP contribution in [0.4, 0.5) is 0 Å². The second-order valence-corrected chi connectivity index (χ2v) is 22.9. The summed E-state index contributed by atoms with van der Waals surface area (Å²) in [4.78, 5) is 66.1. The first-order chi connectivity index (χ1) is 39.0. The first kappa shape index (κ1) is 54.4. The fourth-order valence-electron chi connectivity index (χ4n) is 10.4. The molecule has 1 fully saturated rings. The van der Waals surface area contributed by atoms with Crippen molar-refractivity contribution in [1.29, 1.82) is 0 Å². The van der Waals surface area contributed by atoms with Crippen LogP contribution in [0, 0.1) is 0 Å². The Morgan fingerprint density at radius 3 is 1.31 bits per heavy atom. The molecule has 80 heavy (non-hydrogen) atoms. The van der Waals surface area contributed by atoms with Gasteiger partial charge in [0.2, 0.25) is 11.7 Å². The predicted octanol–water partition coefficient (Wildman–Crippen LogP) is 8.64. The lowest BCUT2D eigenvalue weighted by atomic mass is 9.82. The molecule has 2 amide bonds. The number of rotatable bonds is 20. The highest BCUT2D eigenvalue weighted by Crippen LogP contribution is 2.57. The Morgan fingerprint density at radius 1 is 0.575 bits per heavy atom. The van der Waals surface area contributed by atoms with E-state index >= 15 is 19.2 Å². The van der Waals surface area contributed by atoms with Gasteiger partial charge in [-0.2, -0.15) is 0 Å². The molecule has 0 bridgehead atoms. The number of aryl methyl sites for hydroxylation is 1. The second kappa shape index (κ2) is 23.9. The summed E-state index contributed by atoms with van der Waals surface area (Å²) in [5.41, 5.74) is -2.61. The molecule has 1 unspecified atom stereocenters. The van der Waals surface area contributed by atoms with Crippen LogP contribution >= 0.6 is 19.1 Å². The van der Waals surface area contributed by atoms with Crippen molar-refractivity contribution < 1.29 is 38.1 Å². The Kier molecular flexibility index (Phi) is 16.3. The SMILES string of the molecule is CO[C@]1(NC(=O)C(C(=O)OC(c2ccccc2)c2ccccc2)c2ccccc2)C(=O)N(C(C(=O)OC(c2ccccc2)c2ccccc2)=P(c2ccccc2)(c2ccccc2)c2ccccc2)[C@@]1(OCC(C)=S)c1nnnn1C. The number of likely N-dealkylation sites (tertiary alicyclic amines) is 1. The minimum atomic E-state index is -3.81. The van der Waals surface area contributed by atoms with Crippen LogP contribution in [-0.4, -0.2) is 78.6 Å². The van der Waals surface area contributed by atoms with Gasteiger partial charge in [-0.1, -0.05) is 255 Å². The molecule has 0 aliphatic carbocycles. The van der Waals surface area contributed by atoms with Crippen molar-refractivity contribution in [1.82, 2.24) is 30.4 Å². The summed E-state index contributed by atoms with van der Waals surface area (Å²) in [6, 6.07) is 73.4. The van der Waals surface area contributed by atoms with E-state index < -0.39 is 60.2 Å². The van der Waals surface area contributed by atoms with Crippen LogP contribution in [0.5, 0.6) is 0 Å². The first-order valence-electron chi connectivity index (χ1n) is 25.7. The summed E-state index contributed by atoms with van der Waals surface area (Å²) in [6.45, 7) is -2.54.